The lowest BCUT2D eigenvalue weighted by atomic mass is 9.68. The number of fused-ring (bicyclic) bond motifs is 10. The fourth-order valence-electron chi connectivity index (χ4n) is 12.1. The molecule has 1 heterocycles. The molecular formula is C64H48N2. The summed E-state index contributed by atoms with van der Waals surface area (Å²) in [4.78, 5) is 7.44. The molecule has 0 unspecified atom stereocenters. The van der Waals surface area contributed by atoms with Crippen LogP contribution in [-0.2, 0) is 16.2 Å². The van der Waals surface area contributed by atoms with E-state index in [1.165, 1.54) is 83.3 Å². The van der Waals surface area contributed by atoms with E-state index >= 15 is 0 Å². The molecule has 13 rings (SSSR count). The maximum Gasteiger partial charge on any atom is 0.0713 e. The average molecular weight is 845 g/mol. The van der Waals surface area contributed by atoms with Crippen LogP contribution in [0.25, 0.3) is 55.4 Å². The molecule has 0 saturated carbocycles. The summed E-state index contributed by atoms with van der Waals surface area (Å²) in [6.07, 6.45) is 2.00. The number of rotatable bonds is 6. The normalized spacial score (nSPS) is 15.0. The molecule has 0 saturated heterocycles. The molecule has 314 valence electrons. The molecule has 0 N–H and O–H groups in total. The fourth-order valence-corrected chi connectivity index (χ4v) is 12.1. The van der Waals surface area contributed by atoms with Gasteiger partial charge in [0, 0.05) is 45.0 Å². The number of hydrogen-bond donors (Lipinski definition) is 0. The largest absolute Gasteiger partial charge is 0.310 e. The van der Waals surface area contributed by atoms with E-state index in [1.54, 1.807) is 0 Å². The van der Waals surface area contributed by atoms with Gasteiger partial charge >= 0.3 is 0 Å². The van der Waals surface area contributed by atoms with Crippen molar-refractivity contribution in [3.8, 4) is 44.6 Å². The van der Waals surface area contributed by atoms with Crippen LogP contribution < -0.4 is 4.90 Å². The zero-order chi connectivity index (χ0) is 44.4. The third-order valence-electron chi connectivity index (χ3n) is 15.4. The first-order valence-corrected chi connectivity index (χ1v) is 23.3. The predicted octanol–water partition coefficient (Wildman–Crippen LogP) is 16.3. The number of benzene rings is 9. The lowest BCUT2D eigenvalue weighted by Gasteiger charge is -2.34. The molecular weight excluding hydrogens is 797 g/mol. The van der Waals surface area contributed by atoms with Gasteiger partial charge in [-0.05, 0) is 132 Å². The molecule has 0 atom stereocenters. The van der Waals surface area contributed by atoms with Crippen LogP contribution in [0.5, 0.6) is 0 Å². The van der Waals surface area contributed by atoms with E-state index in [1.807, 2.05) is 6.20 Å². The van der Waals surface area contributed by atoms with Crippen molar-refractivity contribution in [1.82, 2.24) is 4.98 Å². The van der Waals surface area contributed by atoms with Gasteiger partial charge < -0.3 is 4.90 Å². The van der Waals surface area contributed by atoms with E-state index in [-0.39, 0.29) is 10.8 Å². The maximum atomic E-state index is 4.93. The number of aromatic nitrogens is 1. The smallest absolute Gasteiger partial charge is 0.0713 e. The number of hydrogen-bond acceptors (Lipinski definition) is 2. The lowest BCUT2D eigenvalue weighted by Crippen LogP contribution is -2.28. The van der Waals surface area contributed by atoms with Crippen LogP contribution >= 0.6 is 0 Å². The lowest BCUT2D eigenvalue weighted by molar-refractivity contribution is 0.660. The van der Waals surface area contributed by atoms with Crippen LogP contribution in [0, 0.1) is 0 Å². The van der Waals surface area contributed by atoms with Crippen LogP contribution in [0.1, 0.15) is 72.2 Å². The van der Waals surface area contributed by atoms with Gasteiger partial charge in [-0.3, -0.25) is 4.98 Å². The first-order chi connectivity index (χ1) is 32.2. The van der Waals surface area contributed by atoms with Crippen molar-refractivity contribution >= 4 is 27.8 Å². The van der Waals surface area contributed by atoms with Gasteiger partial charge in [-0.25, -0.2) is 0 Å². The number of anilines is 3. The molecule has 0 bridgehead atoms. The van der Waals surface area contributed by atoms with Crippen molar-refractivity contribution in [2.24, 2.45) is 0 Å². The third-order valence-corrected chi connectivity index (χ3v) is 15.4. The second kappa shape index (κ2) is 14.1. The molecule has 0 spiro atoms. The Kier molecular flexibility index (Phi) is 8.25. The summed E-state index contributed by atoms with van der Waals surface area (Å²) in [6, 6.07) is 79.4. The van der Waals surface area contributed by atoms with Crippen LogP contribution in [0.15, 0.2) is 219 Å². The monoisotopic (exact) mass is 844 g/mol. The van der Waals surface area contributed by atoms with E-state index in [4.69, 9.17) is 4.98 Å². The van der Waals surface area contributed by atoms with Crippen molar-refractivity contribution < 1.29 is 0 Å². The Balaban J connectivity index is 0.997. The van der Waals surface area contributed by atoms with Gasteiger partial charge in [0.15, 0.2) is 0 Å². The van der Waals surface area contributed by atoms with E-state index in [0.29, 0.717) is 0 Å². The molecule has 0 radical (unpaired) electrons. The Bertz CT molecular complexity index is 3560. The molecule has 9 aromatic carbocycles. The Morgan fingerprint density at radius 2 is 0.788 bits per heavy atom. The van der Waals surface area contributed by atoms with Crippen molar-refractivity contribution in [3.63, 3.8) is 0 Å². The second-order valence-electron chi connectivity index (χ2n) is 19.5. The highest BCUT2D eigenvalue weighted by atomic mass is 15.1. The summed E-state index contributed by atoms with van der Waals surface area (Å²) >= 11 is 0. The summed E-state index contributed by atoms with van der Waals surface area (Å²) in [6.45, 7) is 9.53. The van der Waals surface area contributed by atoms with Gasteiger partial charge in [0.05, 0.1) is 11.1 Å². The predicted molar refractivity (Wildman–Crippen MR) is 274 cm³/mol. The van der Waals surface area contributed by atoms with Crippen molar-refractivity contribution in [2.45, 2.75) is 43.9 Å². The third kappa shape index (κ3) is 5.39. The average Bonchev–Trinajstić information content (AvgIpc) is 3.88. The highest BCUT2D eigenvalue weighted by molar-refractivity contribution is 5.93. The maximum absolute atomic E-state index is 4.93. The van der Waals surface area contributed by atoms with Crippen molar-refractivity contribution in [3.05, 3.63) is 263 Å². The Morgan fingerprint density at radius 1 is 0.333 bits per heavy atom. The summed E-state index contributed by atoms with van der Waals surface area (Å²) < 4.78 is 0. The number of pyridine rings is 1. The van der Waals surface area contributed by atoms with Gasteiger partial charge in [0.2, 0.25) is 0 Å². The van der Waals surface area contributed by atoms with E-state index < -0.39 is 5.41 Å². The van der Waals surface area contributed by atoms with Gasteiger partial charge in [-0.2, -0.15) is 0 Å². The van der Waals surface area contributed by atoms with Gasteiger partial charge in [0.25, 0.3) is 0 Å². The first kappa shape index (κ1) is 38.6. The summed E-state index contributed by atoms with van der Waals surface area (Å²) in [5.74, 6) is 0. The van der Waals surface area contributed by atoms with E-state index in [2.05, 4.69) is 245 Å². The molecule has 0 fully saturated rings. The van der Waals surface area contributed by atoms with Crippen LogP contribution in [-0.4, -0.2) is 4.98 Å². The van der Waals surface area contributed by atoms with E-state index in [0.717, 1.165) is 33.7 Å². The standard InChI is InChI=1S/C64H48N2/c1-62(2)55-25-15-13-23-49(55)52-32-28-47(38-59(52)62)66(46-30-34-57-54(37-46)50-24-14-16-26-56(50)64(57,44-19-7-5-8-20-44)45-21-9-6-10-22-45)48-29-33-53-51-31-27-42(35-58(51)63(3,4)60(53)39-48)61-36-41-17-11-12-18-43(41)40-65-61/h5-40H,1-4H3. The van der Waals surface area contributed by atoms with Crippen LogP contribution in [0.3, 0.4) is 0 Å². The Hall–Kier alpha value is -7.81. The molecule has 3 aliphatic carbocycles. The molecule has 10 aromatic rings. The molecule has 1 aromatic heterocycles. The van der Waals surface area contributed by atoms with Crippen LogP contribution in [0.2, 0.25) is 0 Å². The van der Waals surface area contributed by atoms with Crippen molar-refractivity contribution in [1.29, 1.82) is 0 Å². The van der Waals surface area contributed by atoms with Crippen molar-refractivity contribution in [2.75, 3.05) is 4.90 Å². The second-order valence-corrected chi connectivity index (χ2v) is 19.5. The van der Waals surface area contributed by atoms with Crippen LogP contribution in [0.4, 0.5) is 17.1 Å². The summed E-state index contributed by atoms with van der Waals surface area (Å²) in [5.41, 5.74) is 23.0. The fraction of sp³-hybridized carbons (Fsp3) is 0.109. The zero-order valence-corrected chi connectivity index (χ0v) is 37.7. The minimum absolute atomic E-state index is 0.144. The molecule has 0 amide bonds. The Morgan fingerprint density at radius 3 is 1.44 bits per heavy atom. The molecule has 66 heavy (non-hydrogen) atoms. The highest BCUT2D eigenvalue weighted by Crippen LogP contribution is 2.58. The van der Waals surface area contributed by atoms with Gasteiger partial charge in [-0.15, -0.1) is 0 Å². The minimum atomic E-state index is -0.466. The quantitative estimate of drug-likeness (QED) is 0.166. The minimum Gasteiger partial charge on any atom is -0.310 e. The molecule has 0 aliphatic heterocycles. The van der Waals surface area contributed by atoms with Gasteiger partial charge in [-0.1, -0.05) is 191 Å². The molecule has 3 aliphatic rings. The Labute approximate surface area is 387 Å². The first-order valence-electron chi connectivity index (χ1n) is 23.3. The zero-order valence-electron chi connectivity index (χ0n) is 37.7. The number of nitrogens with zero attached hydrogens (tertiary/aromatic N) is 2. The summed E-state index contributed by atoms with van der Waals surface area (Å²) in [7, 11) is 0. The molecule has 2 heteroatoms. The van der Waals surface area contributed by atoms with E-state index in [9.17, 15) is 0 Å². The SMILES string of the molecule is CC1(C)c2ccccc2-c2ccc(N(c3ccc4c(c3)-c3ccccc3C4(c3ccccc3)c3ccccc3)c3ccc4c(c3)C(C)(C)c3cc(-c5cc6ccccc6cn5)ccc3-4)cc21. The highest BCUT2D eigenvalue weighted by Gasteiger charge is 2.46. The molecule has 2 nitrogen and oxygen atoms in total. The summed E-state index contributed by atoms with van der Waals surface area (Å²) in [5, 5.41) is 2.36. The van der Waals surface area contributed by atoms with Gasteiger partial charge in [0.1, 0.15) is 0 Å². The topological polar surface area (TPSA) is 16.1 Å².